The van der Waals surface area contributed by atoms with Crippen LogP contribution in [-0.2, 0) is 0 Å². The Bertz CT molecular complexity index is 690. The first-order chi connectivity index (χ1) is 8.58. The molecule has 0 bridgehead atoms. The minimum Gasteiger partial charge on any atom is -0.436 e. The average Bonchev–Trinajstić information content (AvgIpc) is 2.35. The number of hydrogen-bond acceptors (Lipinski definition) is 4. The predicted octanol–water partition coefficient (Wildman–Crippen LogP) is 0.0157. The van der Waals surface area contributed by atoms with Gasteiger partial charge in [-0.15, -0.1) is 5.10 Å². The summed E-state index contributed by atoms with van der Waals surface area (Å²) in [7, 11) is 0. The lowest BCUT2D eigenvalue weighted by molar-refractivity contribution is 0.0996. The summed E-state index contributed by atoms with van der Waals surface area (Å²) in [5, 5.41) is 4.28. The van der Waals surface area contributed by atoms with E-state index in [4.69, 9.17) is 15.9 Å². The first-order valence-electron chi connectivity index (χ1n) is 5.00. The van der Waals surface area contributed by atoms with Gasteiger partial charge in [-0.25, -0.2) is 10.2 Å². The Morgan fingerprint density at radius 1 is 1.22 bits per heavy atom. The number of carbonyl (C=O) groups excluding carboxylic acids is 2. The van der Waals surface area contributed by atoms with Gasteiger partial charge in [0.15, 0.2) is 0 Å². The fourth-order valence-electron chi connectivity index (χ4n) is 1.43. The van der Waals surface area contributed by atoms with Gasteiger partial charge in [-0.3, -0.25) is 4.79 Å². The number of primary amides is 2. The third kappa shape index (κ3) is 2.29. The number of rotatable bonds is 2. The van der Waals surface area contributed by atoms with Crippen molar-refractivity contribution in [1.82, 2.24) is 5.43 Å². The molecule has 2 aromatic rings. The maximum atomic E-state index is 11.3. The van der Waals surface area contributed by atoms with Gasteiger partial charge in [0, 0.05) is 5.39 Å². The molecule has 0 radical (unpaired) electrons. The number of nitrogens with one attached hydrogen (secondary N) is 1. The molecule has 0 atom stereocenters. The fourth-order valence-corrected chi connectivity index (χ4v) is 1.43. The van der Waals surface area contributed by atoms with Crippen LogP contribution in [0, 0.1) is 0 Å². The maximum absolute atomic E-state index is 11.3. The van der Waals surface area contributed by atoms with E-state index in [1.54, 1.807) is 24.3 Å². The van der Waals surface area contributed by atoms with E-state index in [2.05, 4.69) is 5.10 Å². The zero-order valence-electron chi connectivity index (χ0n) is 9.21. The van der Waals surface area contributed by atoms with Crippen LogP contribution in [0.5, 0.6) is 0 Å². The van der Waals surface area contributed by atoms with E-state index in [0.29, 0.717) is 11.0 Å². The van der Waals surface area contributed by atoms with Crippen LogP contribution in [0.15, 0.2) is 39.9 Å². The number of hydrogen-bond donors (Lipinski definition) is 3. The van der Waals surface area contributed by atoms with Crippen molar-refractivity contribution in [3.05, 3.63) is 41.4 Å². The Hall–Kier alpha value is -2.83. The lowest BCUT2D eigenvalue weighted by atomic mass is 10.2. The van der Waals surface area contributed by atoms with Crippen LogP contribution in [0.1, 0.15) is 10.4 Å². The third-order valence-electron chi connectivity index (χ3n) is 2.19. The fraction of sp³-hybridized carbons (Fsp3) is 0. The molecule has 0 spiro atoms. The summed E-state index contributed by atoms with van der Waals surface area (Å²) >= 11 is 0. The van der Waals surface area contributed by atoms with Gasteiger partial charge < -0.3 is 15.9 Å². The van der Waals surface area contributed by atoms with Crippen molar-refractivity contribution in [2.24, 2.45) is 16.6 Å². The number of carbonyl (C=O) groups is 2. The zero-order chi connectivity index (χ0) is 13.1. The number of para-hydroxylation sites is 1. The number of urea groups is 1. The van der Waals surface area contributed by atoms with E-state index in [1.165, 1.54) is 6.07 Å². The molecule has 1 aromatic carbocycles. The molecule has 92 valence electrons. The molecule has 1 heterocycles. The van der Waals surface area contributed by atoms with E-state index >= 15 is 0 Å². The molecule has 0 aliphatic carbocycles. The largest absolute Gasteiger partial charge is 0.436 e. The first-order valence-corrected chi connectivity index (χ1v) is 5.00. The Kier molecular flexibility index (Phi) is 2.96. The molecule has 3 amide bonds. The topological polar surface area (TPSA) is 124 Å². The van der Waals surface area contributed by atoms with Crippen LogP contribution < -0.4 is 22.4 Å². The summed E-state index contributed by atoms with van der Waals surface area (Å²) < 4.78 is 5.37. The lowest BCUT2D eigenvalue weighted by Gasteiger charge is -2.01. The number of amides is 3. The van der Waals surface area contributed by atoms with Crippen molar-refractivity contribution in [2.75, 3.05) is 0 Å². The molecule has 0 fully saturated rings. The summed E-state index contributed by atoms with van der Waals surface area (Å²) in [4.78, 5) is 21.8. The third-order valence-corrected chi connectivity index (χ3v) is 2.19. The monoisotopic (exact) mass is 246 g/mol. The van der Waals surface area contributed by atoms with Crippen molar-refractivity contribution < 1.29 is 14.0 Å². The second-order valence-corrected chi connectivity index (χ2v) is 3.46. The van der Waals surface area contributed by atoms with Crippen LogP contribution in [0.25, 0.3) is 11.0 Å². The van der Waals surface area contributed by atoms with Crippen LogP contribution in [0.4, 0.5) is 4.79 Å². The minimum atomic E-state index is -0.867. The quantitative estimate of drug-likeness (QED) is 0.646. The predicted molar refractivity (Wildman–Crippen MR) is 63.0 cm³/mol. The van der Waals surface area contributed by atoms with Gasteiger partial charge in [-0.05, 0) is 12.1 Å². The van der Waals surface area contributed by atoms with Crippen molar-refractivity contribution >= 4 is 22.9 Å². The number of nitrogens with two attached hydrogens (primary N) is 2. The molecule has 2 rings (SSSR count). The van der Waals surface area contributed by atoms with Crippen molar-refractivity contribution in [3.8, 4) is 0 Å². The highest BCUT2D eigenvalue weighted by Crippen LogP contribution is 2.12. The normalized spacial score (nSPS) is 11.4. The molecule has 0 unspecified atom stereocenters. The Morgan fingerprint density at radius 2 is 1.94 bits per heavy atom. The summed E-state index contributed by atoms with van der Waals surface area (Å²) in [6.45, 7) is 0. The second-order valence-electron chi connectivity index (χ2n) is 3.46. The Labute approximate surface area is 101 Å². The summed E-state index contributed by atoms with van der Waals surface area (Å²) in [5.74, 6) is -0.713. The van der Waals surface area contributed by atoms with E-state index in [9.17, 15) is 9.59 Å². The lowest BCUT2D eigenvalue weighted by Crippen LogP contribution is -2.29. The standard InChI is InChI=1S/C11H10N4O3/c12-9(16)7-5-6-3-1-2-4-8(6)18-10(7)14-15-11(13)17/h1-5H,(H2,12,16)(H3,13,15,17)/b14-10+. The second kappa shape index (κ2) is 4.58. The van der Waals surface area contributed by atoms with Crippen LogP contribution >= 0.6 is 0 Å². The molecule has 0 aliphatic rings. The van der Waals surface area contributed by atoms with Crippen LogP contribution in [0.2, 0.25) is 0 Å². The van der Waals surface area contributed by atoms with Gasteiger partial charge in [0.05, 0.1) is 0 Å². The van der Waals surface area contributed by atoms with E-state index in [-0.39, 0.29) is 11.1 Å². The highest BCUT2D eigenvalue weighted by molar-refractivity contribution is 5.95. The SMILES string of the molecule is NC(=O)N/N=c1/oc2ccccc2cc1C(N)=O. The number of fused-ring (bicyclic) bond motifs is 1. The van der Waals surface area contributed by atoms with E-state index in [0.717, 1.165) is 0 Å². The highest BCUT2D eigenvalue weighted by Gasteiger charge is 2.08. The van der Waals surface area contributed by atoms with E-state index in [1.807, 2.05) is 5.43 Å². The molecule has 7 heteroatoms. The number of benzene rings is 1. The molecule has 5 N–H and O–H groups in total. The molecular formula is C11H10N4O3. The molecule has 18 heavy (non-hydrogen) atoms. The van der Waals surface area contributed by atoms with Crippen molar-refractivity contribution in [3.63, 3.8) is 0 Å². The van der Waals surface area contributed by atoms with Crippen LogP contribution in [0.3, 0.4) is 0 Å². The van der Waals surface area contributed by atoms with Gasteiger partial charge in [0.2, 0.25) is 5.55 Å². The average molecular weight is 246 g/mol. The van der Waals surface area contributed by atoms with Crippen molar-refractivity contribution in [1.29, 1.82) is 0 Å². The summed E-state index contributed by atoms with van der Waals surface area (Å²) in [5.41, 5.74) is 12.5. The summed E-state index contributed by atoms with van der Waals surface area (Å²) in [6, 6.07) is 7.68. The number of nitrogens with zero attached hydrogens (tertiary/aromatic N) is 1. The molecule has 1 aromatic heterocycles. The molecular weight excluding hydrogens is 236 g/mol. The summed E-state index contributed by atoms with van der Waals surface area (Å²) in [6.07, 6.45) is 0. The molecule has 7 nitrogen and oxygen atoms in total. The minimum absolute atomic E-state index is 0.0578. The van der Waals surface area contributed by atoms with Gasteiger partial charge in [-0.1, -0.05) is 18.2 Å². The van der Waals surface area contributed by atoms with Gasteiger partial charge in [-0.2, -0.15) is 0 Å². The van der Waals surface area contributed by atoms with Crippen LogP contribution in [-0.4, -0.2) is 11.9 Å². The maximum Gasteiger partial charge on any atom is 0.332 e. The molecule has 0 saturated carbocycles. The Morgan fingerprint density at radius 3 is 2.61 bits per heavy atom. The van der Waals surface area contributed by atoms with Gasteiger partial charge >= 0.3 is 6.03 Å². The first kappa shape index (κ1) is 11.6. The Balaban J connectivity index is 2.69. The van der Waals surface area contributed by atoms with E-state index < -0.39 is 11.9 Å². The van der Waals surface area contributed by atoms with Gasteiger partial charge in [0.25, 0.3) is 5.91 Å². The zero-order valence-corrected chi connectivity index (χ0v) is 9.21. The highest BCUT2D eigenvalue weighted by atomic mass is 16.3. The molecule has 0 aliphatic heterocycles. The molecule has 0 saturated heterocycles. The van der Waals surface area contributed by atoms with Gasteiger partial charge in [0.1, 0.15) is 11.1 Å². The van der Waals surface area contributed by atoms with Crippen molar-refractivity contribution in [2.45, 2.75) is 0 Å². The smallest absolute Gasteiger partial charge is 0.332 e.